The molecule has 1 heterocycles. The van der Waals surface area contributed by atoms with Gasteiger partial charge in [-0.2, -0.15) is 0 Å². The molecule has 0 saturated carbocycles. The molecule has 0 aliphatic carbocycles. The predicted molar refractivity (Wildman–Crippen MR) is 115 cm³/mol. The molecular formula is C22H21Cl2FN2O3. The molecule has 0 bridgehead atoms. The van der Waals surface area contributed by atoms with Gasteiger partial charge in [0.05, 0.1) is 12.1 Å². The zero-order chi connectivity index (χ0) is 21.3. The summed E-state index contributed by atoms with van der Waals surface area (Å²) in [4.78, 5) is 4.10. The van der Waals surface area contributed by atoms with Gasteiger partial charge < -0.3 is 19.5 Å². The summed E-state index contributed by atoms with van der Waals surface area (Å²) in [5.41, 5.74) is 1.52. The van der Waals surface area contributed by atoms with E-state index in [4.69, 9.17) is 37.4 Å². The van der Waals surface area contributed by atoms with E-state index in [0.717, 1.165) is 5.56 Å². The fourth-order valence-electron chi connectivity index (χ4n) is 2.66. The molecular weight excluding hydrogens is 430 g/mol. The average molecular weight is 451 g/mol. The molecule has 0 amide bonds. The van der Waals surface area contributed by atoms with Crippen molar-refractivity contribution in [3.63, 3.8) is 0 Å². The number of halogens is 3. The van der Waals surface area contributed by atoms with Gasteiger partial charge in [-0.05, 0) is 29.8 Å². The Labute approximate surface area is 184 Å². The van der Waals surface area contributed by atoms with Gasteiger partial charge in [-0.1, -0.05) is 35.3 Å². The van der Waals surface area contributed by atoms with Gasteiger partial charge in [0.25, 0.3) is 0 Å². The Morgan fingerprint density at radius 3 is 2.53 bits per heavy atom. The van der Waals surface area contributed by atoms with E-state index < -0.39 is 5.82 Å². The predicted octanol–water partition coefficient (Wildman–Crippen LogP) is 5.28. The van der Waals surface area contributed by atoms with Crippen LogP contribution in [0, 0.1) is 5.82 Å². The number of hydrogen-bond acceptors (Lipinski definition) is 5. The Morgan fingerprint density at radius 2 is 1.80 bits per heavy atom. The first-order chi connectivity index (χ1) is 14.6. The van der Waals surface area contributed by atoms with Crippen molar-refractivity contribution >= 4 is 23.2 Å². The van der Waals surface area contributed by atoms with Crippen molar-refractivity contribution < 1.29 is 18.6 Å². The SMILES string of the molecule is COc1cc(CNCCOc2ccccn2)c(Cl)cc1OCc1ccc(F)cc1Cl. The Bertz CT molecular complexity index is 974. The Hall–Kier alpha value is -2.54. The maximum atomic E-state index is 13.2. The second kappa shape index (κ2) is 11.0. The zero-order valence-electron chi connectivity index (χ0n) is 16.3. The van der Waals surface area contributed by atoms with Gasteiger partial charge >= 0.3 is 0 Å². The Balaban J connectivity index is 1.55. The highest BCUT2D eigenvalue weighted by Gasteiger charge is 2.12. The number of ether oxygens (including phenoxy) is 3. The maximum Gasteiger partial charge on any atom is 0.213 e. The van der Waals surface area contributed by atoms with Gasteiger partial charge in [0.1, 0.15) is 19.0 Å². The van der Waals surface area contributed by atoms with Crippen LogP contribution in [0.25, 0.3) is 0 Å². The van der Waals surface area contributed by atoms with Crippen molar-refractivity contribution in [3.8, 4) is 17.4 Å². The van der Waals surface area contributed by atoms with Gasteiger partial charge in [0.15, 0.2) is 11.5 Å². The van der Waals surface area contributed by atoms with Crippen molar-refractivity contribution in [1.29, 1.82) is 0 Å². The molecule has 1 N–H and O–H groups in total. The fraction of sp³-hybridized carbons (Fsp3) is 0.227. The van der Waals surface area contributed by atoms with E-state index in [1.54, 1.807) is 31.5 Å². The number of nitrogens with one attached hydrogen (secondary N) is 1. The van der Waals surface area contributed by atoms with Crippen LogP contribution in [-0.4, -0.2) is 25.2 Å². The number of benzene rings is 2. The maximum absolute atomic E-state index is 13.2. The minimum absolute atomic E-state index is 0.161. The summed E-state index contributed by atoms with van der Waals surface area (Å²) in [6, 6.07) is 13.2. The molecule has 0 spiro atoms. The van der Waals surface area contributed by atoms with Gasteiger partial charge in [-0.3, -0.25) is 0 Å². The van der Waals surface area contributed by atoms with E-state index in [1.807, 2.05) is 18.2 Å². The lowest BCUT2D eigenvalue weighted by atomic mass is 10.2. The number of methoxy groups -OCH3 is 1. The van der Waals surface area contributed by atoms with Gasteiger partial charge in [-0.25, -0.2) is 9.37 Å². The van der Waals surface area contributed by atoms with Crippen LogP contribution in [0.4, 0.5) is 4.39 Å². The molecule has 0 unspecified atom stereocenters. The molecule has 2 aromatic carbocycles. The number of rotatable bonds is 10. The molecule has 0 aliphatic heterocycles. The minimum atomic E-state index is -0.397. The molecule has 0 radical (unpaired) electrons. The van der Waals surface area contributed by atoms with Crippen molar-refractivity contribution in [2.24, 2.45) is 0 Å². The lowest BCUT2D eigenvalue weighted by Gasteiger charge is -2.15. The fourth-order valence-corrected chi connectivity index (χ4v) is 3.10. The van der Waals surface area contributed by atoms with Crippen LogP contribution in [0.15, 0.2) is 54.7 Å². The smallest absolute Gasteiger partial charge is 0.213 e. The van der Waals surface area contributed by atoms with E-state index in [0.29, 0.717) is 52.7 Å². The first-order valence-electron chi connectivity index (χ1n) is 9.24. The van der Waals surface area contributed by atoms with Crippen molar-refractivity contribution in [1.82, 2.24) is 10.3 Å². The molecule has 5 nitrogen and oxygen atoms in total. The van der Waals surface area contributed by atoms with Crippen molar-refractivity contribution in [2.75, 3.05) is 20.3 Å². The van der Waals surface area contributed by atoms with E-state index >= 15 is 0 Å². The highest BCUT2D eigenvalue weighted by atomic mass is 35.5. The second-order valence-corrected chi connectivity index (χ2v) is 7.13. The summed E-state index contributed by atoms with van der Waals surface area (Å²) in [5.74, 6) is 1.21. The van der Waals surface area contributed by atoms with Crippen LogP contribution in [0.1, 0.15) is 11.1 Å². The molecule has 30 heavy (non-hydrogen) atoms. The molecule has 158 valence electrons. The van der Waals surface area contributed by atoms with E-state index in [-0.39, 0.29) is 6.61 Å². The minimum Gasteiger partial charge on any atom is -0.493 e. The first-order valence-corrected chi connectivity index (χ1v) is 10.00. The Morgan fingerprint density at radius 1 is 0.967 bits per heavy atom. The van der Waals surface area contributed by atoms with Crippen LogP contribution >= 0.6 is 23.2 Å². The third-order valence-corrected chi connectivity index (χ3v) is 4.92. The average Bonchev–Trinajstić information content (AvgIpc) is 2.74. The van der Waals surface area contributed by atoms with Crippen LogP contribution in [0.2, 0.25) is 10.0 Å². The Kier molecular flexibility index (Phi) is 8.13. The summed E-state index contributed by atoms with van der Waals surface area (Å²) in [6.45, 7) is 1.79. The quantitative estimate of drug-likeness (QED) is 0.425. The summed E-state index contributed by atoms with van der Waals surface area (Å²) in [5, 5.41) is 4.10. The third-order valence-electron chi connectivity index (χ3n) is 4.21. The second-order valence-electron chi connectivity index (χ2n) is 6.31. The molecule has 8 heteroatoms. The number of nitrogens with zero attached hydrogens (tertiary/aromatic N) is 1. The molecule has 3 aromatic rings. The third kappa shape index (κ3) is 6.23. The summed E-state index contributed by atoms with van der Waals surface area (Å²) >= 11 is 12.5. The van der Waals surface area contributed by atoms with E-state index in [1.165, 1.54) is 12.1 Å². The van der Waals surface area contributed by atoms with Crippen LogP contribution in [0.3, 0.4) is 0 Å². The van der Waals surface area contributed by atoms with E-state index in [9.17, 15) is 4.39 Å². The lowest BCUT2D eigenvalue weighted by molar-refractivity contribution is 0.284. The topological polar surface area (TPSA) is 52.6 Å². The highest BCUT2D eigenvalue weighted by Crippen LogP contribution is 2.34. The van der Waals surface area contributed by atoms with Crippen molar-refractivity contribution in [2.45, 2.75) is 13.2 Å². The largest absolute Gasteiger partial charge is 0.493 e. The molecule has 0 atom stereocenters. The van der Waals surface area contributed by atoms with Gasteiger partial charge in [0, 0.05) is 42.0 Å². The number of hydrogen-bond donors (Lipinski definition) is 1. The van der Waals surface area contributed by atoms with Crippen molar-refractivity contribution in [3.05, 3.63) is 81.7 Å². The standard InChI is InChI=1S/C22H21Cl2FN2O3/c1-28-20-10-16(13-26-8-9-29-22-4-2-3-7-27-22)19(24)12-21(20)30-14-15-5-6-17(25)11-18(15)23/h2-7,10-12,26H,8-9,13-14H2,1H3. The molecule has 0 fully saturated rings. The monoisotopic (exact) mass is 450 g/mol. The summed E-state index contributed by atoms with van der Waals surface area (Å²) < 4.78 is 30.0. The van der Waals surface area contributed by atoms with Crippen LogP contribution < -0.4 is 19.5 Å². The molecule has 0 saturated heterocycles. The van der Waals surface area contributed by atoms with Crippen LogP contribution in [-0.2, 0) is 13.2 Å². The first kappa shape index (κ1) is 22.2. The molecule has 1 aromatic heterocycles. The molecule has 3 rings (SSSR count). The molecule has 0 aliphatic rings. The van der Waals surface area contributed by atoms with E-state index in [2.05, 4.69) is 10.3 Å². The van der Waals surface area contributed by atoms with Gasteiger partial charge in [-0.15, -0.1) is 0 Å². The normalized spacial score (nSPS) is 10.7. The lowest BCUT2D eigenvalue weighted by Crippen LogP contribution is -2.21. The summed E-state index contributed by atoms with van der Waals surface area (Å²) in [6.07, 6.45) is 1.68. The number of aromatic nitrogens is 1. The highest BCUT2D eigenvalue weighted by molar-refractivity contribution is 6.31. The van der Waals surface area contributed by atoms with Crippen LogP contribution in [0.5, 0.6) is 17.4 Å². The summed E-state index contributed by atoms with van der Waals surface area (Å²) in [7, 11) is 1.55. The zero-order valence-corrected chi connectivity index (χ0v) is 17.8. The number of pyridine rings is 1. The van der Waals surface area contributed by atoms with Gasteiger partial charge in [0.2, 0.25) is 5.88 Å².